The zero-order valence-electron chi connectivity index (χ0n) is 19.3. The summed E-state index contributed by atoms with van der Waals surface area (Å²) in [5.74, 6) is -0.397. The number of benzene rings is 3. The van der Waals surface area contributed by atoms with Crippen LogP contribution in [-0.4, -0.2) is 29.7 Å². The van der Waals surface area contributed by atoms with Gasteiger partial charge in [0, 0.05) is 25.7 Å². The van der Waals surface area contributed by atoms with Crippen LogP contribution in [0.15, 0.2) is 70.6 Å². The molecule has 0 radical (unpaired) electrons. The van der Waals surface area contributed by atoms with Gasteiger partial charge < -0.3 is 4.57 Å². The fraction of sp³-hybridized carbons (Fsp3) is 0.231. The first-order valence-electron chi connectivity index (χ1n) is 11.1. The van der Waals surface area contributed by atoms with Gasteiger partial charge in [0.2, 0.25) is 10.0 Å². The van der Waals surface area contributed by atoms with Crippen LogP contribution in [0.4, 0.5) is 0 Å². The molecule has 8 heteroatoms. The molecular weight excluding hydrogens is 466 g/mol. The Bertz CT molecular complexity index is 1600. The third kappa shape index (κ3) is 4.02. The number of thiazole rings is 1. The van der Waals surface area contributed by atoms with Crippen LogP contribution in [0.3, 0.4) is 0 Å². The van der Waals surface area contributed by atoms with Crippen LogP contribution in [0.5, 0.6) is 0 Å². The SMILES string of the molecule is Cc1cc2sc(=NC(=O)c3ccc(S(=O)(=O)N4CCc5ccccc5C4)cc3)n(C)c2cc1C. The van der Waals surface area contributed by atoms with Crippen molar-refractivity contribution in [2.75, 3.05) is 6.54 Å². The molecule has 3 aromatic carbocycles. The van der Waals surface area contributed by atoms with Crippen molar-refractivity contribution < 1.29 is 13.2 Å². The summed E-state index contributed by atoms with van der Waals surface area (Å²) < 4.78 is 30.9. The predicted molar refractivity (Wildman–Crippen MR) is 134 cm³/mol. The highest BCUT2D eigenvalue weighted by Crippen LogP contribution is 2.25. The molecule has 1 amide bonds. The lowest BCUT2D eigenvalue weighted by molar-refractivity contribution is 0.0998. The molecule has 0 unspecified atom stereocenters. The van der Waals surface area contributed by atoms with Crippen LogP contribution in [0.25, 0.3) is 10.2 Å². The Labute approximate surface area is 202 Å². The quantitative estimate of drug-likeness (QED) is 0.428. The normalized spacial score (nSPS) is 15.0. The Balaban J connectivity index is 1.41. The Morgan fingerprint density at radius 3 is 2.38 bits per heavy atom. The summed E-state index contributed by atoms with van der Waals surface area (Å²) in [5, 5.41) is 0. The van der Waals surface area contributed by atoms with E-state index in [1.807, 2.05) is 35.9 Å². The standard InChI is InChI=1S/C26H25N3O3S2/c1-17-14-23-24(15-18(17)2)33-26(28(23)3)27-25(30)20-8-10-22(11-9-20)34(31,32)29-13-12-19-6-4-5-7-21(19)16-29/h4-11,14-15H,12-13,16H2,1-3H3. The van der Waals surface area contributed by atoms with Crippen molar-refractivity contribution in [3.05, 3.63) is 93.3 Å². The lowest BCUT2D eigenvalue weighted by Gasteiger charge is -2.28. The van der Waals surface area contributed by atoms with Crippen molar-refractivity contribution >= 4 is 37.5 Å². The number of fused-ring (bicyclic) bond motifs is 2. The van der Waals surface area contributed by atoms with Gasteiger partial charge in [-0.15, -0.1) is 0 Å². The molecule has 1 aliphatic rings. The maximum absolute atomic E-state index is 13.2. The number of rotatable bonds is 3. The first-order valence-corrected chi connectivity index (χ1v) is 13.3. The van der Waals surface area contributed by atoms with Crippen LogP contribution in [-0.2, 0) is 30.0 Å². The molecule has 5 rings (SSSR count). The highest BCUT2D eigenvalue weighted by atomic mass is 32.2. The van der Waals surface area contributed by atoms with Crippen molar-refractivity contribution in [1.82, 2.24) is 8.87 Å². The number of nitrogens with zero attached hydrogens (tertiary/aromatic N) is 3. The summed E-state index contributed by atoms with van der Waals surface area (Å²) in [7, 11) is -1.75. The van der Waals surface area contributed by atoms with E-state index in [9.17, 15) is 13.2 Å². The van der Waals surface area contributed by atoms with Crippen molar-refractivity contribution in [3.8, 4) is 0 Å². The molecule has 34 heavy (non-hydrogen) atoms. The van der Waals surface area contributed by atoms with Crippen molar-refractivity contribution in [2.24, 2.45) is 12.0 Å². The molecule has 1 aliphatic heterocycles. The van der Waals surface area contributed by atoms with Gasteiger partial charge in [0.05, 0.1) is 15.1 Å². The average Bonchev–Trinajstić information content (AvgIpc) is 3.13. The second-order valence-corrected chi connectivity index (χ2v) is 11.6. The van der Waals surface area contributed by atoms with Gasteiger partial charge in [-0.3, -0.25) is 4.79 Å². The second kappa shape index (κ2) is 8.61. The van der Waals surface area contributed by atoms with E-state index < -0.39 is 15.9 Å². The predicted octanol–water partition coefficient (Wildman–Crippen LogP) is 4.34. The van der Waals surface area contributed by atoms with Crippen molar-refractivity contribution in [1.29, 1.82) is 0 Å². The lowest BCUT2D eigenvalue weighted by Crippen LogP contribution is -2.35. The summed E-state index contributed by atoms with van der Waals surface area (Å²) in [4.78, 5) is 17.9. The van der Waals surface area contributed by atoms with E-state index in [2.05, 4.69) is 31.0 Å². The van der Waals surface area contributed by atoms with Gasteiger partial charge in [0.15, 0.2) is 4.80 Å². The van der Waals surface area contributed by atoms with Gasteiger partial charge in [-0.05, 0) is 78.9 Å². The van der Waals surface area contributed by atoms with Crippen LogP contribution in [0.2, 0.25) is 0 Å². The first-order chi connectivity index (χ1) is 16.2. The molecule has 6 nitrogen and oxygen atoms in total. The molecule has 174 valence electrons. The number of hydrogen-bond acceptors (Lipinski definition) is 4. The van der Waals surface area contributed by atoms with E-state index >= 15 is 0 Å². The fourth-order valence-electron chi connectivity index (χ4n) is 4.23. The number of aryl methyl sites for hydroxylation is 3. The number of sulfonamides is 1. The van der Waals surface area contributed by atoms with E-state index in [0.29, 0.717) is 29.9 Å². The van der Waals surface area contributed by atoms with Gasteiger partial charge in [-0.1, -0.05) is 35.6 Å². The number of aromatic nitrogens is 1. The topological polar surface area (TPSA) is 71.7 Å². The van der Waals surface area contributed by atoms with Gasteiger partial charge in [0.25, 0.3) is 5.91 Å². The van der Waals surface area contributed by atoms with E-state index in [1.54, 1.807) is 0 Å². The van der Waals surface area contributed by atoms with Gasteiger partial charge in [0.1, 0.15) is 0 Å². The Hall–Kier alpha value is -3.07. The minimum atomic E-state index is -3.65. The largest absolute Gasteiger partial charge is 0.319 e. The van der Waals surface area contributed by atoms with Crippen LogP contribution >= 0.6 is 11.3 Å². The lowest BCUT2D eigenvalue weighted by atomic mass is 10.0. The van der Waals surface area contributed by atoms with Crippen LogP contribution in [0.1, 0.15) is 32.6 Å². The Morgan fingerprint density at radius 2 is 1.65 bits per heavy atom. The Morgan fingerprint density at radius 1 is 0.971 bits per heavy atom. The monoisotopic (exact) mass is 491 g/mol. The minimum Gasteiger partial charge on any atom is -0.319 e. The summed E-state index contributed by atoms with van der Waals surface area (Å²) in [5.41, 5.74) is 5.99. The van der Waals surface area contributed by atoms with E-state index in [4.69, 9.17) is 0 Å². The van der Waals surface area contributed by atoms with E-state index in [1.165, 1.54) is 56.6 Å². The number of carbonyl (C=O) groups is 1. The molecule has 1 aromatic heterocycles. The molecule has 0 saturated heterocycles. The van der Waals surface area contributed by atoms with Crippen LogP contribution < -0.4 is 4.80 Å². The van der Waals surface area contributed by atoms with Crippen molar-refractivity contribution in [2.45, 2.75) is 31.7 Å². The van der Waals surface area contributed by atoms with Gasteiger partial charge in [-0.2, -0.15) is 9.30 Å². The smallest absolute Gasteiger partial charge is 0.279 e. The summed E-state index contributed by atoms with van der Waals surface area (Å²) in [6.45, 7) is 4.92. The van der Waals surface area contributed by atoms with Gasteiger partial charge in [-0.25, -0.2) is 8.42 Å². The maximum Gasteiger partial charge on any atom is 0.279 e. The zero-order valence-corrected chi connectivity index (χ0v) is 20.9. The molecule has 0 saturated carbocycles. The molecule has 4 aromatic rings. The van der Waals surface area contributed by atoms with E-state index in [0.717, 1.165) is 15.8 Å². The third-order valence-corrected chi connectivity index (χ3v) is 9.41. The third-order valence-electron chi connectivity index (χ3n) is 6.46. The fourth-order valence-corrected chi connectivity index (χ4v) is 6.75. The molecule has 0 spiro atoms. The number of carbonyl (C=O) groups excluding carboxylic acids is 1. The molecule has 0 bridgehead atoms. The van der Waals surface area contributed by atoms with Crippen LogP contribution in [0, 0.1) is 13.8 Å². The zero-order chi connectivity index (χ0) is 24.0. The maximum atomic E-state index is 13.2. The molecule has 0 aliphatic carbocycles. The highest BCUT2D eigenvalue weighted by molar-refractivity contribution is 7.89. The Kier molecular flexibility index (Phi) is 5.75. The highest BCUT2D eigenvalue weighted by Gasteiger charge is 2.28. The van der Waals surface area contributed by atoms with E-state index in [-0.39, 0.29) is 4.90 Å². The van der Waals surface area contributed by atoms with Gasteiger partial charge >= 0.3 is 0 Å². The molecule has 2 heterocycles. The molecular formula is C26H25N3O3S2. The average molecular weight is 492 g/mol. The summed E-state index contributed by atoms with van der Waals surface area (Å²) in [6, 6.07) is 18.2. The molecule has 0 N–H and O–H groups in total. The first kappa shape index (κ1) is 22.7. The summed E-state index contributed by atoms with van der Waals surface area (Å²) >= 11 is 1.46. The number of amides is 1. The summed E-state index contributed by atoms with van der Waals surface area (Å²) in [6.07, 6.45) is 0.691. The van der Waals surface area contributed by atoms with Crippen molar-refractivity contribution in [3.63, 3.8) is 0 Å². The molecule has 0 fully saturated rings. The second-order valence-electron chi connectivity index (χ2n) is 8.65. The number of hydrogen-bond donors (Lipinski definition) is 0. The molecule has 0 atom stereocenters. The minimum absolute atomic E-state index is 0.182.